The van der Waals surface area contributed by atoms with E-state index in [0.717, 1.165) is 6.42 Å². The van der Waals surface area contributed by atoms with E-state index in [2.05, 4.69) is 19.3 Å². The molecule has 2 fully saturated rings. The van der Waals surface area contributed by atoms with E-state index >= 15 is 0 Å². The number of thiazole rings is 1. The van der Waals surface area contributed by atoms with Crippen molar-refractivity contribution < 1.29 is 13.8 Å². The third-order valence-electron chi connectivity index (χ3n) is 5.67. The van der Waals surface area contributed by atoms with Crippen LogP contribution in [-0.4, -0.2) is 60.5 Å². The molecule has 2 aliphatic rings. The normalized spacial score (nSPS) is 25.4. The molecule has 8 nitrogen and oxygen atoms in total. The molecule has 0 radical (unpaired) electrons. The van der Waals surface area contributed by atoms with Crippen LogP contribution in [0.15, 0.2) is 22.8 Å². The summed E-state index contributed by atoms with van der Waals surface area (Å²) in [4.78, 5) is 40.6. The van der Waals surface area contributed by atoms with Crippen molar-refractivity contribution in [1.82, 2.24) is 19.9 Å². The topological polar surface area (TPSA) is 105 Å². The molecule has 2 aromatic heterocycles. The fraction of sp³-hybridized carbons (Fsp3) is 0.550. The maximum Gasteiger partial charge on any atom is 0.265 e. The van der Waals surface area contributed by atoms with Crippen molar-refractivity contribution in [3.8, 4) is 10.8 Å². The van der Waals surface area contributed by atoms with E-state index in [1.807, 2.05) is 13.8 Å². The van der Waals surface area contributed by atoms with Crippen LogP contribution >= 0.6 is 11.3 Å². The van der Waals surface area contributed by atoms with Crippen LogP contribution in [0.4, 0.5) is 0 Å². The molecule has 2 atom stereocenters. The van der Waals surface area contributed by atoms with Gasteiger partial charge in [0.05, 0.1) is 15.4 Å². The van der Waals surface area contributed by atoms with Crippen LogP contribution in [0, 0.1) is 18.3 Å². The molecule has 1 saturated heterocycles. The van der Waals surface area contributed by atoms with Crippen LogP contribution < -0.4 is 0 Å². The Labute approximate surface area is 180 Å². The molecule has 0 aromatic carbocycles. The van der Waals surface area contributed by atoms with Crippen LogP contribution in [0.3, 0.4) is 0 Å². The number of hydrogen-bond donors (Lipinski definition) is 0. The molecule has 2 amide bonds. The Bertz CT molecular complexity index is 1100. The van der Waals surface area contributed by atoms with Gasteiger partial charge in [0.2, 0.25) is 0 Å². The van der Waals surface area contributed by atoms with Crippen molar-refractivity contribution in [3.63, 3.8) is 0 Å². The Morgan fingerprint density at radius 2 is 1.93 bits per heavy atom. The maximum atomic E-state index is 13.2. The van der Waals surface area contributed by atoms with Gasteiger partial charge in [-0.3, -0.25) is 9.59 Å². The van der Waals surface area contributed by atoms with Crippen LogP contribution in [-0.2, 0) is 14.5 Å². The summed E-state index contributed by atoms with van der Waals surface area (Å²) >= 11 is 1.27. The number of hydrogen-bond acceptors (Lipinski definition) is 7. The summed E-state index contributed by atoms with van der Waals surface area (Å²) in [5, 5.41) is 0.600. The highest BCUT2D eigenvalue weighted by molar-refractivity contribution is 7.93. The smallest absolute Gasteiger partial charge is 0.265 e. The van der Waals surface area contributed by atoms with Crippen molar-refractivity contribution >= 4 is 32.9 Å². The summed E-state index contributed by atoms with van der Waals surface area (Å²) in [6, 6.07) is 1.73. The second-order valence-corrected chi connectivity index (χ2v) is 12.1. The lowest BCUT2D eigenvalue weighted by atomic mass is 10.1. The molecule has 1 aliphatic carbocycles. The number of carbonyl (C=O) groups excluding carboxylic acids is 2. The average molecular weight is 448 g/mol. The fourth-order valence-corrected chi connectivity index (χ4v) is 6.51. The van der Waals surface area contributed by atoms with E-state index in [1.54, 1.807) is 30.3 Å². The highest BCUT2D eigenvalue weighted by atomic mass is 32.2. The van der Waals surface area contributed by atoms with Crippen molar-refractivity contribution in [2.45, 2.75) is 33.6 Å². The average Bonchev–Trinajstić information content (AvgIpc) is 3.25. The van der Waals surface area contributed by atoms with Crippen molar-refractivity contribution in [1.29, 1.82) is 0 Å². The van der Waals surface area contributed by atoms with E-state index in [-0.39, 0.29) is 28.9 Å². The van der Waals surface area contributed by atoms with Gasteiger partial charge in [-0.15, -0.1) is 11.3 Å². The number of aromatic nitrogens is 3. The monoisotopic (exact) mass is 447 g/mol. The molecule has 1 aliphatic heterocycles. The minimum absolute atomic E-state index is 0.0347. The van der Waals surface area contributed by atoms with E-state index < -0.39 is 9.73 Å². The van der Waals surface area contributed by atoms with Gasteiger partial charge < -0.3 is 4.90 Å². The van der Waals surface area contributed by atoms with Gasteiger partial charge >= 0.3 is 0 Å². The van der Waals surface area contributed by atoms with Crippen molar-refractivity contribution in [3.05, 3.63) is 29.0 Å². The zero-order chi connectivity index (χ0) is 21.5. The number of rotatable bonds is 3. The highest BCUT2D eigenvalue weighted by Crippen LogP contribution is 2.52. The lowest BCUT2D eigenvalue weighted by molar-refractivity contribution is -0.119. The fourth-order valence-electron chi connectivity index (χ4n) is 3.60. The van der Waals surface area contributed by atoms with Crippen molar-refractivity contribution in [2.24, 2.45) is 15.7 Å². The summed E-state index contributed by atoms with van der Waals surface area (Å²) in [5.41, 5.74) is 0.598. The molecule has 4 rings (SSSR count). The van der Waals surface area contributed by atoms with Crippen LogP contribution in [0.1, 0.15) is 42.1 Å². The van der Waals surface area contributed by atoms with Gasteiger partial charge in [-0.05, 0) is 31.2 Å². The zero-order valence-electron chi connectivity index (χ0n) is 17.3. The third-order valence-corrected chi connectivity index (χ3v) is 9.08. The Balaban J connectivity index is 1.49. The molecule has 2 unspecified atom stereocenters. The molecule has 0 N–H and O–H groups in total. The predicted molar refractivity (Wildman–Crippen MR) is 116 cm³/mol. The first-order valence-corrected chi connectivity index (χ1v) is 12.7. The SMILES string of the molecule is Cc1nc(-c2ncccn2)sc1C(=O)N1CCCS(=O)(=NC(=O)C2CC2(C)C)CC1. The van der Waals surface area contributed by atoms with Gasteiger partial charge in [-0.25, -0.2) is 19.2 Å². The minimum Gasteiger partial charge on any atom is -0.337 e. The van der Waals surface area contributed by atoms with Gasteiger partial charge in [-0.2, -0.15) is 4.36 Å². The molecule has 0 spiro atoms. The minimum atomic E-state index is -2.63. The van der Waals surface area contributed by atoms with Gasteiger partial charge in [0.25, 0.3) is 11.8 Å². The molecular weight excluding hydrogens is 422 g/mol. The molecule has 3 heterocycles. The van der Waals surface area contributed by atoms with Gasteiger partial charge in [-0.1, -0.05) is 13.8 Å². The quantitative estimate of drug-likeness (QED) is 0.716. The van der Waals surface area contributed by atoms with E-state index in [0.29, 0.717) is 46.7 Å². The van der Waals surface area contributed by atoms with Gasteiger partial charge in [0.15, 0.2) is 10.8 Å². The van der Waals surface area contributed by atoms with E-state index in [1.165, 1.54) is 11.3 Å². The van der Waals surface area contributed by atoms with Gasteiger partial charge in [0.1, 0.15) is 4.88 Å². The summed E-state index contributed by atoms with van der Waals surface area (Å²) in [5.74, 6) is 0.574. The second-order valence-electron chi connectivity index (χ2n) is 8.51. The third kappa shape index (κ3) is 4.29. The zero-order valence-corrected chi connectivity index (χ0v) is 19.0. The van der Waals surface area contributed by atoms with Crippen LogP contribution in [0.5, 0.6) is 0 Å². The Morgan fingerprint density at radius 1 is 1.23 bits per heavy atom. The Hall–Kier alpha value is -2.20. The molecular formula is C20H25N5O3S2. The van der Waals surface area contributed by atoms with Crippen LogP contribution in [0.25, 0.3) is 10.8 Å². The lowest BCUT2D eigenvalue weighted by Crippen LogP contribution is -2.33. The highest BCUT2D eigenvalue weighted by Gasteiger charge is 2.51. The first-order valence-electron chi connectivity index (χ1n) is 9.99. The van der Waals surface area contributed by atoms with Crippen molar-refractivity contribution in [2.75, 3.05) is 24.6 Å². The summed E-state index contributed by atoms with van der Waals surface area (Å²) < 4.78 is 17.3. The summed E-state index contributed by atoms with van der Waals surface area (Å²) in [6.07, 6.45) is 4.63. The molecule has 2 aromatic rings. The first-order chi connectivity index (χ1) is 14.2. The molecule has 160 valence electrons. The number of nitrogens with zero attached hydrogens (tertiary/aromatic N) is 5. The molecule has 0 bridgehead atoms. The predicted octanol–water partition coefficient (Wildman–Crippen LogP) is 2.80. The standard InChI is InChI=1S/C20H25N5O3S2/c1-13-15(29-18(23-13)16-21-6-4-7-22-16)19(27)25-8-5-10-30(28,11-9-25)24-17(26)14-12-20(14,2)3/h4,6-7,14H,5,8-12H2,1-3H3. The number of amides is 2. The number of aryl methyl sites for hydroxylation is 1. The summed E-state index contributed by atoms with van der Waals surface area (Å²) in [7, 11) is -2.63. The number of carbonyl (C=O) groups is 2. The summed E-state index contributed by atoms with van der Waals surface area (Å²) in [6.45, 7) is 6.65. The second kappa shape index (κ2) is 7.81. The molecule has 1 saturated carbocycles. The maximum absolute atomic E-state index is 13.2. The largest absolute Gasteiger partial charge is 0.337 e. The van der Waals surface area contributed by atoms with Crippen LogP contribution in [0.2, 0.25) is 0 Å². The molecule has 30 heavy (non-hydrogen) atoms. The Morgan fingerprint density at radius 3 is 2.60 bits per heavy atom. The first kappa shape index (κ1) is 21.0. The van der Waals surface area contributed by atoms with Gasteiger partial charge in [0, 0.05) is 42.9 Å². The Kier molecular flexibility index (Phi) is 5.48. The van der Waals surface area contributed by atoms with E-state index in [4.69, 9.17) is 0 Å². The van der Waals surface area contributed by atoms with E-state index in [9.17, 15) is 13.8 Å². The molecule has 10 heteroatoms. The lowest BCUT2D eigenvalue weighted by Gasteiger charge is -2.19.